The molecular weight excluding hydrogens is 193 g/mol. The van der Waals surface area contributed by atoms with Crippen LogP contribution in [0, 0.1) is 5.82 Å². The lowest BCUT2D eigenvalue weighted by molar-refractivity contribution is -0.0726. The highest BCUT2D eigenvalue weighted by Crippen LogP contribution is 2.49. The zero-order valence-electron chi connectivity index (χ0n) is 8.83. The smallest absolute Gasteiger partial charge is 0.123 e. The molecule has 1 aliphatic rings. The molecule has 3 N–H and O–H groups in total. The van der Waals surface area contributed by atoms with Crippen LogP contribution in [0.5, 0.6) is 0 Å². The maximum absolute atomic E-state index is 13.1. The second-order valence-electron chi connectivity index (χ2n) is 4.85. The second-order valence-corrected chi connectivity index (χ2v) is 4.85. The van der Waals surface area contributed by atoms with Gasteiger partial charge in [-0.2, -0.15) is 0 Å². The summed E-state index contributed by atoms with van der Waals surface area (Å²) in [5.74, 6) is -0.244. The Balaban J connectivity index is 2.29. The zero-order chi connectivity index (χ0) is 11.1. The Morgan fingerprint density at radius 3 is 2.60 bits per heavy atom. The molecule has 1 aromatic rings. The summed E-state index contributed by atoms with van der Waals surface area (Å²) < 4.78 is 13.1. The fourth-order valence-electron chi connectivity index (χ4n) is 2.69. The molecule has 1 saturated carbocycles. The van der Waals surface area contributed by atoms with Crippen LogP contribution < -0.4 is 5.73 Å². The molecule has 0 bridgehead atoms. The molecule has 1 aliphatic carbocycles. The van der Waals surface area contributed by atoms with Gasteiger partial charge in [0.15, 0.2) is 0 Å². The number of hydrogen-bond acceptors (Lipinski definition) is 2. The van der Waals surface area contributed by atoms with Crippen molar-refractivity contribution in [3.05, 3.63) is 35.6 Å². The third-order valence-corrected chi connectivity index (χ3v) is 3.27. The van der Waals surface area contributed by atoms with Gasteiger partial charge in [-0.25, -0.2) is 4.39 Å². The van der Waals surface area contributed by atoms with Gasteiger partial charge in [0.1, 0.15) is 5.82 Å². The van der Waals surface area contributed by atoms with Gasteiger partial charge in [0.2, 0.25) is 0 Å². The first-order valence-corrected chi connectivity index (χ1v) is 5.16. The molecule has 0 aliphatic heterocycles. The quantitative estimate of drug-likeness (QED) is 0.776. The van der Waals surface area contributed by atoms with Gasteiger partial charge < -0.3 is 10.8 Å². The lowest BCUT2D eigenvalue weighted by Crippen LogP contribution is -2.56. The molecular formula is C12H16FNO. The van der Waals surface area contributed by atoms with E-state index in [1.165, 1.54) is 12.1 Å². The van der Waals surface area contributed by atoms with E-state index >= 15 is 0 Å². The molecule has 2 nitrogen and oxygen atoms in total. The Labute approximate surface area is 88.9 Å². The van der Waals surface area contributed by atoms with Gasteiger partial charge >= 0.3 is 0 Å². The summed E-state index contributed by atoms with van der Waals surface area (Å²) in [5.41, 5.74) is 5.76. The van der Waals surface area contributed by atoms with Crippen molar-refractivity contribution in [2.45, 2.75) is 30.8 Å². The molecule has 0 radical (unpaired) electrons. The Morgan fingerprint density at radius 2 is 2.13 bits per heavy atom. The summed E-state index contributed by atoms with van der Waals surface area (Å²) in [7, 11) is 0. The minimum absolute atomic E-state index is 0.231. The fraction of sp³-hybridized carbons (Fsp3) is 0.500. The molecule has 0 amide bonds. The summed E-state index contributed by atoms with van der Waals surface area (Å²) >= 11 is 0. The molecule has 0 aromatic heterocycles. The molecule has 15 heavy (non-hydrogen) atoms. The van der Waals surface area contributed by atoms with Crippen LogP contribution in [0.3, 0.4) is 0 Å². The van der Waals surface area contributed by atoms with Crippen molar-refractivity contribution in [1.29, 1.82) is 0 Å². The Morgan fingerprint density at radius 1 is 1.47 bits per heavy atom. The molecule has 0 saturated heterocycles. The third kappa shape index (κ3) is 1.77. The van der Waals surface area contributed by atoms with Crippen LogP contribution in [0.15, 0.2) is 24.3 Å². The van der Waals surface area contributed by atoms with Crippen LogP contribution in [-0.4, -0.2) is 17.3 Å². The van der Waals surface area contributed by atoms with Gasteiger partial charge in [-0.05, 0) is 37.5 Å². The van der Waals surface area contributed by atoms with Crippen LogP contribution in [0.25, 0.3) is 0 Å². The van der Waals surface area contributed by atoms with E-state index < -0.39 is 5.60 Å². The molecule has 3 heteroatoms. The van der Waals surface area contributed by atoms with Crippen LogP contribution in [0.2, 0.25) is 0 Å². The van der Waals surface area contributed by atoms with Crippen molar-refractivity contribution in [2.75, 3.05) is 6.54 Å². The van der Waals surface area contributed by atoms with Crippen LogP contribution in [0.4, 0.5) is 4.39 Å². The summed E-state index contributed by atoms with van der Waals surface area (Å²) in [6.07, 6.45) is 1.22. The number of rotatable bonds is 2. The largest absolute Gasteiger partial charge is 0.390 e. The summed E-state index contributed by atoms with van der Waals surface area (Å²) in [4.78, 5) is 0. The number of halogens is 1. The minimum atomic E-state index is -0.647. The predicted molar refractivity (Wildman–Crippen MR) is 57.0 cm³/mol. The van der Waals surface area contributed by atoms with Crippen LogP contribution in [0.1, 0.15) is 25.3 Å². The van der Waals surface area contributed by atoms with Crippen molar-refractivity contribution in [2.24, 2.45) is 5.73 Å². The Hall–Kier alpha value is -0.930. The van der Waals surface area contributed by atoms with E-state index in [9.17, 15) is 9.50 Å². The van der Waals surface area contributed by atoms with E-state index in [1.807, 2.05) is 6.07 Å². The normalized spacial score (nSPS) is 34.9. The average molecular weight is 209 g/mol. The van der Waals surface area contributed by atoms with Crippen molar-refractivity contribution < 1.29 is 9.50 Å². The van der Waals surface area contributed by atoms with E-state index in [-0.39, 0.29) is 11.2 Å². The van der Waals surface area contributed by atoms with Gasteiger partial charge in [-0.15, -0.1) is 0 Å². The van der Waals surface area contributed by atoms with Crippen LogP contribution in [-0.2, 0) is 5.41 Å². The van der Waals surface area contributed by atoms with E-state index in [0.29, 0.717) is 19.4 Å². The number of aliphatic hydroxyl groups is 1. The van der Waals surface area contributed by atoms with Crippen LogP contribution >= 0.6 is 0 Å². The maximum atomic E-state index is 13.1. The molecule has 0 spiro atoms. The first-order chi connectivity index (χ1) is 6.97. The third-order valence-electron chi connectivity index (χ3n) is 3.27. The molecule has 2 rings (SSSR count). The molecule has 1 fully saturated rings. The van der Waals surface area contributed by atoms with E-state index in [4.69, 9.17) is 5.73 Å². The SMILES string of the molecule is CC1(O)CC(CN)(c2cccc(F)c2)C1. The molecule has 82 valence electrons. The number of nitrogens with two attached hydrogens (primary N) is 1. The molecule has 1 aromatic carbocycles. The van der Waals surface area contributed by atoms with E-state index in [0.717, 1.165) is 5.56 Å². The topological polar surface area (TPSA) is 46.2 Å². The van der Waals surface area contributed by atoms with Gasteiger partial charge in [0.05, 0.1) is 5.60 Å². The first kappa shape index (κ1) is 10.6. The molecule has 0 heterocycles. The zero-order valence-corrected chi connectivity index (χ0v) is 8.83. The predicted octanol–water partition coefficient (Wildman–Crippen LogP) is 1.57. The van der Waals surface area contributed by atoms with Gasteiger partial charge in [0, 0.05) is 12.0 Å². The van der Waals surface area contributed by atoms with Crippen molar-refractivity contribution >= 4 is 0 Å². The first-order valence-electron chi connectivity index (χ1n) is 5.16. The fourth-order valence-corrected chi connectivity index (χ4v) is 2.69. The van der Waals surface area contributed by atoms with E-state index in [2.05, 4.69) is 0 Å². The van der Waals surface area contributed by atoms with Crippen molar-refractivity contribution in [1.82, 2.24) is 0 Å². The minimum Gasteiger partial charge on any atom is -0.390 e. The lowest BCUT2D eigenvalue weighted by Gasteiger charge is -2.51. The average Bonchev–Trinajstić information content (AvgIpc) is 2.13. The summed E-state index contributed by atoms with van der Waals surface area (Å²) in [6, 6.07) is 6.51. The Kier molecular flexibility index (Phi) is 2.32. The maximum Gasteiger partial charge on any atom is 0.123 e. The van der Waals surface area contributed by atoms with Crippen molar-refractivity contribution in [3.63, 3.8) is 0 Å². The number of hydrogen-bond donors (Lipinski definition) is 2. The standard InChI is InChI=1S/C12H16FNO/c1-11(15)6-12(7-11,8-14)9-3-2-4-10(13)5-9/h2-5,15H,6-8,14H2,1H3. The molecule has 0 unspecified atom stereocenters. The highest BCUT2D eigenvalue weighted by atomic mass is 19.1. The lowest BCUT2D eigenvalue weighted by atomic mass is 9.57. The summed E-state index contributed by atoms with van der Waals surface area (Å²) in [6.45, 7) is 2.24. The van der Waals surface area contributed by atoms with Gasteiger partial charge in [0.25, 0.3) is 0 Å². The van der Waals surface area contributed by atoms with Crippen molar-refractivity contribution in [3.8, 4) is 0 Å². The van der Waals surface area contributed by atoms with E-state index in [1.54, 1.807) is 13.0 Å². The number of benzene rings is 1. The van der Waals surface area contributed by atoms with Gasteiger partial charge in [-0.1, -0.05) is 12.1 Å². The monoisotopic (exact) mass is 209 g/mol. The highest BCUT2D eigenvalue weighted by molar-refractivity contribution is 5.32. The van der Waals surface area contributed by atoms with Gasteiger partial charge in [-0.3, -0.25) is 0 Å². The highest BCUT2D eigenvalue weighted by Gasteiger charge is 2.51. The second kappa shape index (κ2) is 3.29. The Bertz CT molecular complexity index is 368. The molecule has 0 atom stereocenters. The summed E-state index contributed by atoms with van der Waals surface area (Å²) in [5, 5.41) is 9.76.